The Balaban J connectivity index is 2.83. The topological polar surface area (TPSA) is 38.0 Å². The van der Waals surface area contributed by atoms with Crippen molar-refractivity contribution in [3.63, 3.8) is 0 Å². The summed E-state index contributed by atoms with van der Waals surface area (Å²) in [5.41, 5.74) is 4.28. The maximum atomic E-state index is 14.0. The average molecular weight is 238 g/mol. The molecule has 1 unspecified atom stereocenters. The van der Waals surface area contributed by atoms with Gasteiger partial charge in [-0.2, -0.15) is 0 Å². The third kappa shape index (κ3) is 4.10. The summed E-state index contributed by atoms with van der Waals surface area (Å²) in [4.78, 5) is 0. The molecule has 2 nitrogen and oxygen atoms in total. The van der Waals surface area contributed by atoms with Gasteiger partial charge in [-0.05, 0) is 30.7 Å². The lowest BCUT2D eigenvalue weighted by Gasteiger charge is -2.23. The van der Waals surface area contributed by atoms with Crippen LogP contribution in [0, 0.1) is 18.2 Å². The van der Waals surface area contributed by atoms with Crippen molar-refractivity contribution in [3.8, 4) is 0 Å². The number of hydrogen-bond donors (Lipinski definition) is 2. The number of benzene rings is 1. The lowest BCUT2D eigenvalue weighted by molar-refractivity contribution is 0.330. The predicted octanol–water partition coefficient (Wildman–Crippen LogP) is 3.46. The summed E-state index contributed by atoms with van der Waals surface area (Å²) in [5, 5.41) is 0. The Hall–Kier alpha value is -0.930. The van der Waals surface area contributed by atoms with Crippen LogP contribution in [0.2, 0.25) is 0 Å². The molecular weight excluding hydrogens is 215 g/mol. The first kappa shape index (κ1) is 14.1. The molecule has 1 rings (SSSR count). The van der Waals surface area contributed by atoms with Crippen LogP contribution in [-0.4, -0.2) is 0 Å². The highest BCUT2D eigenvalue weighted by Gasteiger charge is 2.18. The van der Waals surface area contributed by atoms with Crippen LogP contribution in [0.1, 0.15) is 50.8 Å². The van der Waals surface area contributed by atoms with Gasteiger partial charge in [0.25, 0.3) is 0 Å². The lowest BCUT2D eigenvalue weighted by Crippen LogP contribution is -2.29. The smallest absolute Gasteiger partial charge is 0.130 e. The Labute approximate surface area is 103 Å². The van der Waals surface area contributed by atoms with Crippen LogP contribution < -0.4 is 11.3 Å². The predicted molar refractivity (Wildman–Crippen MR) is 69.9 cm³/mol. The molecule has 96 valence electrons. The Morgan fingerprint density at radius 1 is 1.35 bits per heavy atom. The van der Waals surface area contributed by atoms with Gasteiger partial charge in [0.2, 0.25) is 0 Å². The normalized spacial score (nSPS) is 13.8. The first-order valence-corrected chi connectivity index (χ1v) is 6.06. The van der Waals surface area contributed by atoms with Gasteiger partial charge in [0.15, 0.2) is 0 Å². The van der Waals surface area contributed by atoms with Gasteiger partial charge in [-0.1, -0.05) is 39.0 Å². The minimum Gasteiger partial charge on any atom is -0.271 e. The van der Waals surface area contributed by atoms with Crippen molar-refractivity contribution in [2.24, 2.45) is 11.3 Å². The third-order valence-corrected chi connectivity index (χ3v) is 2.98. The largest absolute Gasteiger partial charge is 0.271 e. The molecule has 0 aromatic heterocycles. The molecule has 3 heteroatoms. The third-order valence-electron chi connectivity index (χ3n) is 2.98. The molecule has 0 saturated heterocycles. The SMILES string of the molecule is Cc1cccc(C(CCC(C)(C)C)NN)c1F. The second kappa shape index (κ2) is 5.61. The van der Waals surface area contributed by atoms with Crippen molar-refractivity contribution in [1.29, 1.82) is 0 Å². The Kier molecular flexibility index (Phi) is 4.66. The minimum atomic E-state index is -0.149. The molecule has 0 radical (unpaired) electrons. The van der Waals surface area contributed by atoms with Crippen LogP contribution in [0.3, 0.4) is 0 Å². The molecule has 0 aliphatic rings. The van der Waals surface area contributed by atoms with Gasteiger partial charge in [0.1, 0.15) is 5.82 Å². The van der Waals surface area contributed by atoms with Crippen LogP contribution in [0.25, 0.3) is 0 Å². The molecule has 1 aromatic carbocycles. The summed E-state index contributed by atoms with van der Waals surface area (Å²) in [5.74, 6) is 5.39. The molecule has 0 heterocycles. The lowest BCUT2D eigenvalue weighted by atomic mass is 9.87. The Bertz CT molecular complexity index is 369. The number of hydrogen-bond acceptors (Lipinski definition) is 2. The van der Waals surface area contributed by atoms with Gasteiger partial charge in [-0.3, -0.25) is 11.3 Å². The van der Waals surface area contributed by atoms with E-state index in [-0.39, 0.29) is 17.3 Å². The molecular formula is C14H23FN2. The zero-order valence-electron chi connectivity index (χ0n) is 11.2. The fourth-order valence-electron chi connectivity index (χ4n) is 1.85. The van der Waals surface area contributed by atoms with E-state index in [1.54, 1.807) is 19.1 Å². The van der Waals surface area contributed by atoms with E-state index in [4.69, 9.17) is 5.84 Å². The molecule has 0 saturated carbocycles. The van der Waals surface area contributed by atoms with Gasteiger partial charge >= 0.3 is 0 Å². The van der Waals surface area contributed by atoms with Crippen LogP contribution in [-0.2, 0) is 0 Å². The molecule has 1 atom stereocenters. The summed E-state index contributed by atoms with van der Waals surface area (Å²) in [6, 6.07) is 5.33. The number of nitrogens with one attached hydrogen (secondary N) is 1. The number of rotatable bonds is 4. The molecule has 0 amide bonds. The van der Waals surface area contributed by atoms with Crippen molar-refractivity contribution in [1.82, 2.24) is 5.43 Å². The minimum absolute atomic E-state index is 0.117. The number of aryl methyl sites for hydroxylation is 1. The van der Waals surface area contributed by atoms with E-state index in [0.29, 0.717) is 11.1 Å². The summed E-state index contributed by atoms with van der Waals surface area (Å²) in [6.45, 7) is 8.30. The fourth-order valence-corrected chi connectivity index (χ4v) is 1.85. The second-order valence-corrected chi connectivity index (χ2v) is 5.80. The molecule has 0 aliphatic heterocycles. The van der Waals surface area contributed by atoms with Crippen molar-refractivity contribution in [2.75, 3.05) is 0 Å². The fraction of sp³-hybridized carbons (Fsp3) is 0.571. The molecule has 0 aliphatic carbocycles. The van der Waals surface area contributed by atoms with Gasteiger partial charge in [0, 0.05) is 11.6 Å². The van der Waals surface area contributed by atoms with E-state index in [1.807, 2.05) is 6.07 Å². The van der Waals surface area contributed by atoms with Crippen LogP contribution in [0.15, 0.2) is 18.2 Å². The van der Waals surface area contributed by atoms with E-state index in [9.17, 15) is 4.39 Å². The highest BCUT2D eigenvalue weighted by Crippen LogP contribution is 2.28. The molecule has 1 aromatic rings. The van der Waals surface area contributed by atoms with Gasteiger partial charge in [-0.25, -0.2) is 4.39 Å². The van der Waals surface area contributed by atoms with Gasteiger partial charge in [0.05, 0.1) is 0 Å². The summed E-state index contributed by atoms with van der Waals surface area (Å²) >= 11 is 0. The molecule has 0 fully saturated rings. The molecule has 17 heavy (non-hydrogen) atoms. The maximum Gasteiger partial charge on any atom is 0.130 e. The van der Waals surface area contributed by atoms with Crippen LogP contribution in [0.5, 0.6) is 0 Å². The van der Waals surface area contributed by atoms with Gasteiger partial charge in [-0.15, -0.1) is 0 Å². The van der Waals surface area contributed by atoms with E-state index in [0.717, 1.165) is 12.8 Å². The van der Waals surface area contributed by atoms with Crippen LogP contribution >= 0.6 is 0 Å². The Morgan fingerprint density at radius 3 is 2.53 bits per heavy atom. The van der Waals surface area contributed by atoms with E-state index < -0.39 is 0 Å². The quantitative estimate of drug-likeness (QED) is 0.622. The van der Waals surface area contributed by atoms with E-state index in [2.05, 4.69) is 26.2 Å². The zero-order valence-corrected chi connectivity index (χ0v) is 11.2. The van der Waals surface area contributed by atoms with Gasteiger partial charge < -0.3 is 0 Å². The first-order chi connectivity index (χ1) is 7.85. The standard InChI is InChI=1S/C14H23FN2/c1-10-6-5-7-11(13(10)15)12(17-16)8-9-14(2,3)4/h5-7,12,17H,8-9,16H2,1-4H3. The monoisotopic (exact) mass is 238 g/mol. The summed E-state index contributed by atoms with van der Waals surface area (Å²) < 4.78 is 14.0. The van der Waals surface area contributed by atoms with E-state index >= 15 is 0 Å². The van der Waals surface area contributed by atoms with E-state index in [1.165, 1.54) is 0 Å². The number of hydrazine groups is 1. The maximum absolute atomic E-state index is 14.0. The summed E-state index contributed by atoms with van der Waals surface area (Å²) in [6.07, 6.45) is 1.83. The highest BCUT2D eigenvalue weighted by molar-refractivity contribution is 5.27. The second-order valence-electron chi connectivity index (χ2n) is 5.80. The Morgan fingerprint density at radius 2 is 2.00 bits per heavy atom. The highest BCUT2D eigenvalue weighted by atomic mass is 19.1. The van der Waals surface area contributed by atoms with Crippen molar-refractivity contribution >= 4 is 0 Å². The first-order valence-electron chi connectivity index (χ1n) is 6.06. The molecule has 0 bridgehead atoms. The average Bonchev–Trinajstić information content (AvgIpc) is 2.23. The zero-order chi connectivity index (χ0) is 13.1. The van der Waals surface area contributed by atoms with Crippen molar-refractivity contribution in [3.05, 3.63) is 35.1 Å². The van der Waals surface area contributed by atoms with Crippen molar-refractivity contribution < 1.29 is 4.39 Å². The van der Waals surface area contributed by atoms with Crippen LogP contribution in [0.4, 0.5) is 4.39 Å². The number of halogens is 1. The molecule has 0 spiro atoms. The molecule has 3 N–H and O–H groups in total. The van der Waals surface area contributed by atoms with Crippen molar-refractivity contribution in [2.45, 2.75) is 46.6 Å². The number of nitrogens with two attached hydrogens (primary N) is 1. The summed E-state index contributed by atoms with van der Waals surface area (Å²) in [7, 11) is 0.